The summed E-state index contributed by atoms with van der Waals surface area (Å²) in [5.41, 5.74) is 0.696. The van der Waals surface area contributed by atoms with E-state index in [1.807, 2.05) is 6.92 Å². The van der Waals surface area contributed by atoms with E-state index >= 15 is 0 Å². The lowest BCUT2D eigenvalue weighted by Crippen LogP contribution is -2.04. The van der Waals surface area contributed by atoms with E-state index in [1.165, 1.54) is 17.0 Å². The van der Waals surface area contributed by atoms with Crippen molar-refractivity contribution in [3.8, 4) is 11.5 Å². The summed E-state index contributed by atoms with van der Waals surface area (Å²) in [5, 5.41) is 20.1. The van der Waals surface area contributed by atoms with E-state index in [-0.39, 0.29) is 11.1 Å². The average Bonchev–Trinajstić information content (AvgIpc) is 3.13. The molecule has 5 rings (SSSR count). The maximum Gasteiger partial charge on any atom is 0.247 e. The molecule has 0 spiro atoms. The van der Waals surface area contributed by atoms with Crippen LogP contribution in [0.5, 0.6) is 0 Å². The van der Waals surface area contributed by atoms with Crippen LogP contribution >= 0.6 is 23.1 Å². The number of thioether (sulfide) groups is 1. The molecule has 9 heteroatoms. The van der Waals surface area contributed by atoms with E-state index in [4.69, 9.17) is 4.42 Å². The van der Waals surface area contributed by atoms with Gasteiger partial charge in [-0.2, -0.15) is 0 Å². The molecule has 0 saturated heterocycles. The second kappa shape index (κ2) is 7.72. The highest BCUT2D eigenvalue weighted by atomic mass is 32.2. The van der Waals surface area contributed by atoms with Gasteiger partial charge in [0.2, 0.25) is 11.8 Å². The third kappa shape index (κ3) is 3.97. The van der Waals surface area contributed by atoms with Crippen LogP contribution in [0.15, 0.2) is 51.4 Å². The molecule has 1 aliphatic carbocycles. The van der Waals surface area contributed by atoms with E-state index in [0.29, 0.717) is 23.4 Å². The molecule has 1 aliphatic rings. The molecule has 0 unspecified atom stereocenters. The first-order valence-electron chi connectivity index (χ1n) is 9.39. The molecule has 1 fully saturated rings. The van der Waals surface area contributed by atoms with Crippen molar-refractivity contribution < 1.29 is 8.81 Å². The lowest BCUT2D eigenvalue weighted by atomic mass is 10.2. The summed E-state index contributed by atoms with van der Waals surface area (Å²) < 4.78 is 21.2. The lowest BCUT2D eigenvalue weighted by molar-refractivity contribution is 0.508. The van der Waals surface area contributed by atoms with Gasteiger partial charge in [0.15, 0.2) is 5.16 Å². The van der Waals surface area contributed by atoms with Crippen LogP contribution < -0.4 is 0 Å². The van der Waals surface area contributed by atoms with Gasteiger partial charge in [-0.05, 0) is 55.5 Å². The molecule has 0 radical (unpaired) electrons. The Bertz CT molecular complexity index is 1100. The number of aromatic nitrogens is 5. The first kappa shape index (κ1) is 18.5. The number of hydrogen-bond acceptors (Lipinski definition) is 7. The zero-order valence-electron chi connectivity index (χ0n) is 15.7. The summed E-state index contributed by atoms with van der Waals surface area (Å²) in [6.45, 7) is 2.01. The SMILES string of the molecule is C[C@H](Sc1nnc(Cc2cccs2)n1C1CC1)c1nnc(-c2ccc(F)cc2)o1. The zero-order chi connectivity index (χ0) is 19.8. The second-order valence-corrected chi connectivity index (χ2v) is 9.31. The summed E-state index contributed by atoms with van der Waals surface area (Å²) >= 11 is 3.31. The van der Waals surface area contributed by atoms with Crippen molar-refractivity contribution in [1.82, 2.24) is 25.0 Å². The number of benzene rings is 1. The van der Waals surface area contributed by atoms with Crippen LogP contribution in [-0.2, 0) is 6.42 Å². The Morgan fingerprint density at radius 1 is 1.17 bits per heavy atom. The van der Waals surface area contributed by atoms with E-state index in [9.17, 15) is 4.39 Å². The summed E-state index contributed by atoms with van der Waals surface area (Å²) in [6.07, 6.45) is 3.12. The molecule has 3 aromatic heterocycles. The number of halogens is 1. The van der Waals surface area contributed by atoms with E-state index in [0.717, 1.165) is 30.2 Å². The maximum atomic E-state index is 13.1. The molecule has 0 amide bonds. The Morgan fingerprint density at radius 3 is 2.72 bits per heavy atom. The molecule has 148 valence electrons. The molecule has 1 saturated carbocycles. The number of rotatable bonds is 7. The molecule has 0 aliphatic heterocycles. The third-order valence-corrected chi connectivity index (χ3v) is 6.64. The highest BCUT2D eigenvalue weighted by Gasteiger charge is 2.31. The normalized spacial score (nSPS) is 15.0. The summed E-state index contributed by atoms with van der Waals surface area (Å²) in [5.74, 6) is 1.60. The van der Waals surface area contributed by atoms with Crippen molar-refractivity contribution in [2.24, 2.45) is 0 Å². The highest BCUT2D eigenvalue weighted by Crippen LogP contribution is 2.42. The van der Waals surface area contributed by atoms with Crippen molar-refractivity contribution in [3.05, 3.63) is 64.2 Å². The van der Waals surface area contributed by atoms with Crippen LogP contribution in [0.4, 0.5) is 4.39 Å². The number of nitrogens with zero attached hydrogens (tertiary/aromatic N) is 5. The molecular weight excluding hydrogens is 409 g/mol. The molecule has 1 atom stereocenters. The zero-order valence-corrected chi connectivity index (χ0v) is 17.3. The topological polar surface area (TPSA) is 69.6 Å². The quantitative estimate of drug-likeness (QED) is 0.372. The van der Waals surface area contributed by atoms with Gasteiger partial charge >= 0.3 is 0 Å². The molecule has 29 heavy (non-hydrogen) atoms. The summed E-state index contributed by atoms with van der Waals surface area (Å²) in [4.78, 5) is 1.28. The van der Waals surface area contributed by atoms with Crippen molar-refractivity contribution in [3.63, 3.8) is 0 Å². The maximum absolute atomic E-state index is 13.1. The minimum Gasteiger partial charge on any atom is -0.419 e. The van der Waals surface area contributed by atoms with Crippen LogP contribution in [0.3, 0.4) is 0 Å². The van der Waals surface area contributed by atoms with Gasteiger partial charge < -0.3 is 8.98 Å². The number of thiophene rings is 1. The molecule has 0 N–H and O–H groups in total. The van der Waals surface area contributed by atoms with Crippen molar-refractivity contribution in [1.29, 1.82) is 0 Å². The molecule has 3 heterocycles. The molecule has 4 aromatic rings. The van der Waals surface area contributed by atoms with E-state index < -0.39 is 0 Å². The standard InChI is InChI=1S/C20H18FN5OS2/c1-12(18-23-24-19(27-18)13-4-6-14(21)7-5-13)29-20-25-22-17(26(20)15-8-9-15)11-16-3-2-10-28-16/h2-7,10,12,15H,8-9,11H2,1H3/t12-/m0/s1. The predicted molar refractivity (Wildman–Crippen MR) is 109 cm³/mol. The van der Waals surface area contributed by atoms with Gasteiger partial charge in [0.05, 0.1) is 5.25 Å². The number of hydrogen-bond donors (Lipinski definition) is 0. The van der Waals surface area contributed by atoms with Crippen molar-refractivity contribution >= 4 is 23.1 Å². The Balaban J connectivity index is 1.35. The van der Waals surface area contributed by atoms with Gasteiger partial charge in [0.1, 0.15) is 11.6 Å². The minimum absolute atomic E-state index is 0.0759. The summed E-state index contributed by atoms with van der Waals surface area (Å²) in [6, 6.07) is 10.7. The van der Waals surface area contributed by atoms with Crippen molar-refractivity contribution in [2.75, 3.05) is 0 Å². The van der Waals surface area contributed by atoms with Gasteiger partial charge in [-0.3, -0.25) is 0 Å². The Kier molecular flexibility index (Phi) is 4.92. The van der Waals surface area contributed by atoms with Gasteiger partial charge in [0.25, 0.3) is 0 Å². The van der Waals surface area contributed by atoms with Crippen LogP contribution in [0.2, 0.25) is 0 Å². The average molecular weight is 428 g/mol. The smallest absolute Gasteiger partial charge is 0.247 e. The first-order chi connectivity index (χ1) is 14.2. The van der Waals surface area contributed by atoms with Gasteiger partial charge in [-0.25, -0.2) is 4.39 Å². The third-order valence-electron chi connectivity index (χ3n) is 4.72. The molecular formula is C20H18FN5OS2. The fourth-order valence-corrected chi connectivity index (χ4v) is 4.76. The highest BCUT2D eigenvalue weighted by molar-refractivity contribution is 7.99. The van der Waals surface area contributed by atoms with Gasteiger partial charge in [-0.15, -0.1) is 31.7 Å². The van der Waals surface area contributed by atoms with Crippen molar-refractivity contribution in [2.45, 2.75) is 42.6 Å². The predicted octanol–water partition coefficient (Wildman–Crippen LogP) is 5.31. The largest absolute Gasteiger partial charge is 0.419 e. The minimum atomic E-state index is -0.296. The van der Waals surface area contributed by atoms with Crippen LogP contribution in [0.25, 0.3) is 11.5 Å². The van der Waals surface area contributed by atoms with E-state index in [2.05, 4.69) is 42.5 Å². The lowest BCUT2D eigenvalue weighted by Gasteiger charge is -2.10. The fraction of sp³-hybridized carbons (Fsp3) is 0.300. The Labute approximate surface area is 175 Å². The first-order valence-corrected chi connectivity index (χ1v) is 11.2. The monoisotopic (exact) mass is 427 g/mol. The van der Waals surface area contributed by atoms with Crippen LogP contribution in [0, 0.1) is 5.82 Å². The summed E-state index contributed by atoms with van der Waals surface area (Å²) in [7, 11) is 0. The Morgan fingerprint density at radius 2 is 2.00 bits per heavy atom. The molecule has 6 nitrogen and oxygen atoms in total. The van der Waals surface area contributed by atoms with Crippen LogP contribution in [-0.4, -0.2) is 25.0 Å². The molecule has 0 bridgehead atoms. The molecule has 1 aromatic carbocycles. The van der Waals surface area contributed by atoms with Gasteiger partial charge in [0, 0.05) is 22.9 Å². The van der Waals surface area contributed by atoms with E-state index in [1.54, 1.807) is 35.2 Å². The van der Waals surface area contributed by atoms with Crippen LogP contribution in [0.1, 0.15) is 47.6 Å². The Hall–Kier alpha value is -2.52. The second-order valence-electron chi connectivity index (χ2n) is 6.97. The van der Waals surface area contributed by atoms with Gasteiger partial charge in [-0.1, -0.05) is 17.8 Å². The fourth-order valence-electron chi connectivity index (χ4n) is 3.09.